The number of aromatic nitrogens is 1. The van der Waals surface area contributed by atoms with E-state index < -0.39 is 0 Å². The summed E-state index contributed by atoms with van der Waals surface area (Å²) in [6, 6.07) is 5.91. The van der Waals surface area contributed by atoms with Crippen LogP contribution in [0.4, 0.5) is 5.00 Å². The van der Waals surface area contributed by atoms with Gasteiger partial charge >= 0.3 is 5.97 Å². The second-order valence-electron chi connectivity index (χ2n) is 8.36. The highest BCUT2D eigenvalue weighted by Gasteiger charge is 2.26. The van der Waals surface area contributed by atoms with Crippen LogP contribution in [0, 0.1) is 11.3 Å². The molecule has 6 nitrogen and oxygen atoms in total. The lowest BCUT2D eigenvalue weighted by molar-refractivity contribution is -0.115. The van der Waals surface area contributed by atoms with Crippen LogP contribution in [0.2, 0.25) is 0 Å². The van der Waals surface area contributed by atoms with Gasteiger partial charge in [0.25, 0.3) is 0 Å². The molecule has 1 aliphatic rings. The molecule has 0 fully saturated rings. The number of amides is 1. The molecule has 34 heavy (non-hydrogen) atoms. The van der Waals surface area contributed by atoms with Crippen LogP contribution in [0.5, 0.6) is 0 Å². The van der Waals surface area contributed by atoms with E-state index in [4.69, 9.17) is 4.74 Å². The van der Waals surface area contributed by atoms with Gasteiger partial charge in [0.15, 0.2) is 0 Å². The number of carbonyl (C=O) groups is 2. The predicted molar refractivity (Wildman–Crippen MR) is 138 cm³/mol. The van der Waals surface area contributed by atoms with Crippen LogP contribution < -0.4 is 5.32 Å². The fourth-order valence-corrected chi connectivity index (χ4v) is 6.25. The van der Waals surface area contributed by atoms with Crippen LogP contribution in [0.25, 0.3) is 0 Å². The molecular formula is C26H33N3O3S2. The lowest BCUT2D eigenvalue weighted by atomic mass is 9.96. The van der Waals surface area contributed by atoms with Crippen molar-refractivity contribution in [2.45, 2.75) is 83.1 Å². The first-order valence-corrected chi connectivity index (χ1v) is 14.0. The second-order valence-corrected chi connectivity index (χ2v) is 10.5. The first-order valence-electron chi connectivity index (χ1n) is 12.2. The van der Waals surface area contributed by atoms with Gasteiger partial charge in [0, 0.05) is 22.7 Å². The third kappa shape index (κ3) is 7.07. The average molecular weight is 500 g/mol. The highest BCUT2D eigenvalue weighted by Crippen LogP contribution is 2.37. The zero-order valence-electron chi connectivity index (χ0n) is 20.1. The summed E-state index contributed by atoms with van der Waals surface area (Å²) in [6.45, 7) is 4.24. The van der Waals surface area contributed by atoms with Crippen molar-refractivity contribution < 1.29 is 14.3 Å². The molecule has 3 rings (SSSR count). The Balaban J connectivity index is 1.67. The van der Waals surface area contributed by atoms with Crippen LogP contribution in [-0.2, 0) is 28.8 Å². The molecule has 2 aromatic heterocycles. The number of thiophene rings is 1. The van der Waals surface area contributed by atoms with Crippen molar-refractivity contribution in [3.05, 3.63) is 39.4 Å². The van der Waals surface area contributed by atoms with Gasteiger partial charge in [-0.1, -0.05) is 26.2 Å². The Bertz CT molecular complexity index is 1040. The maximum atomic E-state index is 12.8. The van der Waals surface area contributed by atoms with E-state index in [1.54, 1.807) is 6.92 Å². The number of esters is 1. The van der Waals surface area contributed by atoms with Crippen molar-refractivity contribution in [3.63, 3.8) is 0 Å². The van der Waals surface area contributed by atoms with Gasteiger partial charge in [-0.2, -0.15) is 5.26 Å². The van der Waals surface area contributed by atoms with Gasteiger partial charge in [0.05, 0.1) is 17.7 Å². The molecule has 0 bridgehead atoms. The molecular weight excluding hydrogens is 466 g/mol. The molecule has 2 aromatic rings. The van der Waals surface area contributed by atoms with Crippen molar-refractivity contribution in [2.75, 3.05) is 17.7 Å². The van der Waals surface area contributed by atoms with Gasteiger partial charge < -0.3 is 10.1 Å². The van der Waals surface area contributed by atoms with Gasteiger partial charge in [-0.25, -0.2) is 9.78 Å². The number of unbranched alkanes of at least 4 members (excludes halogenated alkanes) is 1. The van der Waals surface area contributed by atoms with E-state index in [0.29, 0.717) is 33.5 Å². The normalized spacial score (nSPS) is 13.3. The first-order chi connectivity index (χ1) is 16.6. The molecule has 0 radical (unpaired) electrons. The molecule has 0 saturated heterocycles. The minimum atomic E-state index is -0.350. The molecule has 0 atom stereocenters. The quantitative estimate of drug-likeness (QED) is 0.304. The molecule has 1 amide bonds. The number of carbonyl (C=O) groups excluding carboxylic acids is 2. The van der Waals surface area contributed by atoms with E-state index >= 15 is 0 Å². The Morgan fingerprint density at radius 1 is 1.21 bits per heavy atom. The van der Waals surface area contributed by atoms with E-state index in [9.17, 15) is 14.9 Å². The number of ether oxygens (including phenoxy) is 1. The molecule has 182 valence electrons. The van der Waals surface area contributed by atoms with Crippen molar-refractivity contribution in [1.82, 2.24) is 4.98 Å². The van der Waals surface area contributed by atoms with Gasteiger partial charge in [0.1, 0.15) is 16.1 Å². The van der Waals surface area contributed by atoms with Gasteiger partial charge in [-0.05, 0) is 63.1 Å². The Labute approximate surface area is 210 Å². The number of hydrogen-bond acceptors (Lipinski definition) is 7. The first kappa shape index (κ1) is 26.2. The van der Waals surface area contributed by atoms with E-state index in [0.717, 1.165) is 62.6 Å². The maximum absolute atomic E-state index is 12.8. The molecule has 2 heterocycles. The number of nitrogens with zero attached hydrogens (tertiary/aromatic N) is 2. The summed E-state index contributed by atoms with van der Waals surface area (Å²) >= 11 is 2.94. The third-order valence-electron chi connectivity index (χ3n) is 5.80. The minimum absolute atomic E-state index is 0.145. The summed E-state index contributed by atoms with van der Waals surface area (Å²) in [5.74, 6) is 0.00909. The molecule has 0 spiro atoms. The number of anilines is 1. The van der Waals surface area contributed by atoms with Crippen LogP contribution >= 0.6 is 23.1 Å². The third-order valence-corrected chi connectivity index (χ3v) is 8.00. The van der Waals surface area contributed by atoms with Crippen LogP contribution in [-0.4, -0.2) is 29.2 Å². The largest absolute Gasteiger partial charge is 0.462 e. The molecule has 0 aromatic carbocycles. The van der Waals surface area contributed by atoms with E-state index in [2.05, 4.69) is 23.3 Å². The maximum Gasteiger partial charge on any atom is 0.341 e. The highest BCUT2D eigenvalue weighted by molar-refractivity contribution is 7.99. The fraction of sp³-hybridized carbons (Fsp3) is 0.538. The second kappa shape index (κ2) is 13.5. The van der Waals surface area contributed by atoms with Crippen molar-refractivity contribution in [2.24, 2.45) is 0 Å². The SMILES string of the molecule is CCCCc1ccc(C#N)c(SCCC(=O)Nc2sc3c(c2C(=O)OCC)CCCCCC3)n1. The van der Waals surface area contributed by atoms with Crippen molar-refractivity contribution in [3.8, 4) is 6.07 Å². The monoisotopic (exact) mass is 499 g/mol. The Hall–Kier alpha value is -2.37. The number of nitriles is 1. The Morgan fingerprint density at radius 3 is 2.74 bits per heavy atom. The van der Waals surface area contributed by atoms with Crippen molar-refractivity contribution >= 4 is 40.0 Å². The zero-order chi connectivity index (χ0) is 24.3. The van der Waals surface area contributed by atoms with Gasteiger partial charge in [-0.15, -0.1) is 23.1 Å². The van der Waals surface area contributed by atoms with Crippen LogP contribution in [0.3, 0.4) is 0 Å². The van der Waals surface area contributed by atoms with E-state index in [-0.39, 0.29) is 18.3 Å². The summed E-state index contributed by atoms with van der Waals surface area (Å²) in [5.41, 5.74) is 3.11. The van der Waals surface area contributed by atoms with Crippen LogP contribution in [0.1, 0.15) is 90.8 Å². The van der Waals surface area contributed by atoms with Gasteiger partial charge in [0.2, 0.25) is 5.91 Å². The number of hydrogen-bond donors (Lipinski definition) is 1. The average Bonchev–Trinajstić information content (AvgIpc) is 3.13. The van der Waals surface area contributed by atoms with E-state index in [1.165, 1.54) is 34.4 Å². The smallest absolute Gasteiger partial charge is 0.341 e. The zero-order valence-corrected chi connectivity index (χ0v) is 21.7. The number of nitrogens with one attached hydrogen (secondary N) is 1. The van der Waals surface area contributed by atoms with Crippen molar-refractivity contribution in [1.29, 1.82) is 5.26 Å². The highest BCUT2D eigenvalue weighted by atomic mass is 32.2. The van der Waals surface area contributed by atoms with E-state index in [1.807, 2.05) is 12.1 Å². The number of pyridine rings is 1. The number of thioether (sulfide) groups is 1. The molecule has 0 saturated carbocycles. The Kier molecular flexibility index (Phi) is 10.4. The molecule has 1 N–H and O–H groups in total. The topological polar surface area (TPSA) is 92.1 Å². The van der Waals surface area contributed by atoms with Gasteiger partial charge in [-0.3, -0.25) is 4.79 Å². The summed E-state index contributed by atoms with van der Waals surface area (Å²) in [7, 11) is 0. The molecule has 1 aliphatic carbocycles. The lowest BCUT2D eigenvalue weighted by Crippen LogP contribution is -2.15. The Morgan fingerprint density at radius 2 is 2.00 bits per heavy atom. The molecule has 8 heteroatoms. The lowest BCUT2D eigenvalue weighted by Gasteiger charge is -2.11. The number of aryl methyl sites for hydroxylation is 2. The summed E-state index contributed by atoms with van der Waals surface area (Å²) < 4.78 is 5.32. The predicted octanol–water partition coefficient (Wildman–Crippen LogP) is 6.31. The molecule has 0 aliphatic heterocycles. The number of fused-ring (bicyclic) bond motifs is 1. The molecule has 0 unspecified atom stereocenters. The fourth-order valence-electron chi connectivity index (χ4n) is 4.03. The summed E-state index contributed by atoms with van der Waals surface area (Å²) in [4.78, 5) is 31.4. The standard InChI is InChI=1S/C26H33N3O3S2/c1-3-5-10-19-14-13-18(17-27)24(28-19)33-16-15-22(30)29-25-23(26(31)32-4-2)20-11-8-6-7-9-12-21(20)34-25/h13-14H,3-12,15-16H2,1-2H3,(H,29,30). The summed E-state index contributed by atoms with van der Waals surface area (Å²) in [5, 5.41) is 13.7. The minimum Gasteiger partial charge on any atom is -0.462 e. The summed E-state index contributed by atoms with van der Waals surface area (Å²) in [6.07, 6.45) is 9.59. The number of rotatable bonds is 10. The van der Waals surface area contributed by atoms with Crippen LogP contribution in [0.15, 0.2) is 17.2 Å².